The van der Waals surface area contributed by atoms with Crippen LogP contribution in [0.4, 0.5) is 0 Å². The number of ether oxygens (including phenoxy) is 2. The molecule has 0 fully saturated rings. The minimum Gasteiger partial charge on any atom is -0.489 e. The topological polar surface area (TPSA) is 35.5 Å². The van der Waals surface area contributed by atoms with Gasteiger partial charge < -0.3 is 9.47 Å². The molecule has 26 heavy (non-hydrogen) atoms. The van der Waals surface area contributed by atoms with Crippen molar-refractivity contribution in [2.45, 2.75) is 19.1 Å². The normalized spacial score (nSPS) is 10.3. The summed E-state index contributed by atoms with van der Waals surface area (Å²) in [7, 11) is 0. The molecule has 0 N–H and O–H groups in total. The van der Waals surface area contributed by atoms with Crippen molar-refractivity contribution < 1.29 is 14.3 Å². The predicted octanol–water partition coefficient (Wildman–Crippen LogP) is 5.40. The Hall–Kier alpha value is -2.78. The summed E-state index contributed by atoms with van der Waals surface area (Å²) in [5, 5.41) is 0. The minimum atomic E-state index is 0.207. The molecule has 0 aliphatic rings. The first-order valence-electron chi connectivity index (χ1n) is 8.31. The molecule has 0 amide bonds. The average molecular weight is 367 g/mol. The van der Waals surface area contributed by atoms with Gasteiger partial charge >= 0.3 is 0 Å². The van der Waals surface area contributed by atoms with Gasteiger partial charge in [-0.3, -0.25) is 4.79 Å². The highest BCUT2D eigenvalue weighted by Gasteiger charge is 2.13. The Morgan fingerprint density at radius 2 is 1.38 bits per heavy atom. The molecule has 0 atom stereocenters. The van der Waals surface area contributed by atoms with Crippen LogP contribution in [-0.2, 0) is 19.1 Å². The zero-order chi connectivity index (χ0) is 18.2. The van der Waals surface area contributed by atoms with Gasteiger partial charge in [0.15, 0.2) is 6.29 Å². The van der Waals surface area contributed by atoms with Crippen LogP contribution in [0.1, 0.15) is 27.0 Å². The van der Waals surface area contributed by atoms with Crippen LogP contribution in [0.3, 0.4) is 0 Å². The molecule has 3 rings (SSSR count). The molecule has 0 heterocycles. The number of hydrogen-bond donors (Lipinski definition) is 0. The summed E-state index contributed by atoms with van der Waals surface area (Å²) < 4.78 is 11.8. The highest BCUT2D eigenvalue weighted by molar-refractivity contribution is 6.17. The van der Waals surface area contributed by atoms with E-state index in [0.29, 0.717) is 35.8 Å². The van der Waals surface area contributed by atoms with E-state index in [-0.39, 0.29) is 5.88 Å². The standard InChI is InChI=1S/C22H19ClO3/c23-13-19-11-20(25-15-17-7-3-1-4-8-17)12-22(21(19)14-24)26-16-18-9-5-2-6-10-18/h1-12,14H,13,15-16H2. The summed E-state index contributed by atoms with van der Waals surface area (Å²) >= 11 is 6.02. The molecular weight excluding hydrogens is 348 g/mol. The fourth-order valence-corrected chi connectivity index (χ4v) is 2.80. The van der Waals surface area contributed by atoms with Crippen molar-refractivity contribution in [2.75, 3.05) is 0 Å². The van der Waals surface area contributed by atoms with Gasteiger partial charge in [0.25, 0.3) is 0 Å². The zero-order valence-corrected chi connectivity index (χ0v) is 15.0. The first-order valence-corrected chi connectivity index (χ1v) is 8.85. The van der Waals surface area contributed by atoms with Gasteiger partial charge in [-0.25, -0.2) is 0 Å². The van der Waals surface area contributed by atoms with E-state index in [4.69, 9.17) is 21.1 Å². The highest BCUT2D eigenvalue weighted by Crippen LogP contribution is 2.30. The maximum atomic E-state index is 11.5. The van der Waals surface area contributed by atoms with Crippen LogP contribution in [-0.4, -0.2) is 6.29 Å². The third-order valence-corrected chi connectivity index (χ3v) is 4.24. The molecule has 4 heteroatoms. The third kappa shape index (κ3) is 4.64. The van der Waals surface area contributed by atoms with E-state index in [1.807, 2.05) is 60.7 Å². The molecule has 3 aromatic carbocycles. The van der Waals surface area contributed by atoms with Crippen LogP contribution >= 0.6 is 11.6 Å². The zero-order valence-electron chi connectivity index (χ0n) is 14.2. The summed E-state index contributed by atoms with van der Waals surface area (Å²) in [6.45, 7) is 0.798. The molecule has 0 saturated heterocycles. The van der Waals surface area contributed by atoms with Crippen molar-refractivity contribution in [3.8, 4) is 11.5 Å². The van der Waals surface area contributed by atoms with Crippen molar-refractivity contribution in [3.05, 3.63) is 95.1 Å². The Kier molecular flexibility index (Phi) is 6.29. The van der Waals surface area contributed by atoms with Crippen molar-refractivity contribution in [1.29, 1.82) is 0 Å². The van der Waals surface area contributed by atoms with E-state index in [1.54, 1.807) is 12.1 Å². The highest BCUT2D eigenvalue weighted by atomic mass is 35.5. The quantitative estimate of drug-likeness (QED) is 0.395. The van der Waals surface area contributed by atoms with Crippen molar-refractivity contribution >= 4 is 17.9 Å². The Balaban J connectivity index is 1.80. The van der Waals surface area contributed by atoms with Crippen LogP contribution < -0.4 is 9.47 Å². The second-order valence-electron chi connectivity index (χ2n) is 5.79. The summed E-state index contributed by atoms with van der Waals surface area (Å²) in [5.74, 6) is 1.31. The van der Waals surface area contributed by atoms with Crippen LogP contribution in [0.5, 0.6) is 11.5 Å². The fraction of sp³-hybridized carbons (Fsp3) is 0.136. The van der Waals surface area contributed by atoms with E-state index in [2.05, 4.69) is 0 Å². The smallest absolute Gasteiger partial charge is 0.154 e. The number of alkyl halides is 1. The Morgan fingerprint density at radius 1 is 0.808 bits per heavy atom. The summed E-state index contributed by atoms with van der Waals surface area (Å²) in [6.07, 6.45) is 0.777. The lowest BCUT2D eigenvalue weighted by Gasteiger charge is -2.14. The van der Waals surface area contributed by atoms with E-state index in [0.717, 1.165) is 17.4 Å². The first-order chi connectivity index (χ1) is 12.8. The largest absolute Gasteiger partial charge is 0.489 e. The number of halogens is 1. The first kappa shape index (κ1) is 18.0. The molecule has 0 spiro atoms. The lowest BCUT2D eigenvalue weighted by Crippen LogP contribution is -2.03. The Bertz CT molecular complexity index is 848. The average Bonchev–Trinajstić information content (AvgIpc) is 2.71. The molecule has 0 bridgehead atoms. The molecular formula is C22H19ClO3. The SMILES string of the molecule is O=Cc1c(CCl)cc(OCc2ccccc2)cc1OCc1ccccc1. The number of carbonyl (C=O) groups is 1. The summed E-state index contributed by atoms with van der Waals surface area (Å²) in [6, 6.07) is 23.2. The number of carbonyl (C=O) groups excluding carboxylic acids is 1. The van der Waals surface area contributed by atoms with Gasteiger partial charge in [0.05, 0.1) is 5.56 Å². The van der Waals surface area contributed by atoms with Gasteiger partial charge in [-0.15, -0.1) is 11.6 Å². The van der Waals surface area contributed by atoms with Gasteiger partial charge in [-0.1, -0.05) is 60.7 Å². The van der Waals surface area contributed by atoms with Crippen molar-refractivity contribution in [1.82, 2.24) is 0 Å². The second kappa shape index (κ2) is 9.07. The van der Waals surface area contributed by atoms with Gasteiger partial charge in [-0.2, -0.15) is 0 Å². The van der Waals surface area contributed by atoms with Crippen molar-refractivity contribution in [2.24, 2.45) is 0 Å². The third-order valence-electron chi connectivity index (χ3n) is 3.95. The maximum Gasteiger partial charge on any atom is 0.154 e. The molecule has 132 valence electrons. The molecule has 0 saturated carbocycles. The molecule has 3 aromatic rings. The number of aldehydes is 1. The molecule has 0 aliphatic carbocycles. The van der Waals surface area contributed by atoms with Crippen LogP contribution in [0.25, 0.3) is 0 Å². The summed E-state index contributed by atoms with van der Waals surface area (Å²) in [4.78, 5) is 11.5. The Labute approximate surface area is 158 Å². The molecule has 0 unspecified atom stereocenters. The maximum absolute atomic E-state index is 11.5. The van der Waals surface area contributed by atoms with Gasteiger partial charge in [0.2, 0.25) is 0 Å². The number of benzene rings is 3. The van der Waals surface area contributed by atoms with E-state index >= 15 is 0 Å². The van der Waals surface area contributed by atoms with Gasteiger partial charge in [-0.05, 0) is 22.8 Å². The fourth-order valence-electron chi connectivity index (χ4n) is 2.58. The molecule has 0 radical (unpaired) electrons. The van der Waals surface area contributed by atoms with E-state index < -0.39 is 0 Å². The summed E-state index contributed by atoms with van der Waals surface area (Å²) in [5.41, 5.74) is 3.23. The predicted molar refractivity (Wildman–Crippen MR) is 103 cm³/mol. The van der Waals surface area contributed by atoms with Crippen LogP contribution in [0.2, 0.25) is 0 Å². The second-order valence-corrected chi connectivity index (χ2v) is 6.06. The van der Waals surface area contributed by atoms with Gasteiger partial charge in [0.1, 0.15) is 24.7 Å². The monoisotopic (exact) mass is 366 g/mol. The minimum absolute atomic E-state index is 0.207. The number of rotatable bonds is 8. The molecule has 0 aromatic heterocycles. The molecule has 3 nitrogen and oxygen atoms in total. The van der Waals surface area contributed by atoms with Crippen LogP contribution in [0, 0.1) is 0 Å². The van der Waals surface area contributed by atoms with E-state index in [9.17, 15) is 4.79 Å². The lowest BCUT2D eigenvalue weighted by molar-refractivity contribution is 0.111. The molecule has 0 aliphatic heterocycles. The van der Waals surface area contributed by atoms with Gasteiger partial charge in [0, 0.05) is 11.9 Å². The lowest BCUT2D eigenvalue weighted by atomic mass is 10.1. The Morgan fingerprint density at radius 3 is 1.92 bits per heavy atom. The van der Waals surface area contributed by atoms with Crippen molar-refractivity contribution in [3.63, 3.8) is 0 Å². The van der Waals surface area contributed by atoms with E-state index in [1.165, 1.54) is 0 Å². The van der Waals surface area contributed by atoms with Crippen LogP contribution in [0.15, 0.2) is 72.8 Å². The number of hydrogen-bond acceptors (Lipinski definition) is 3.